The van der Waals surface area contributed by atoms with Crippen LogP contribution in [0.1, 0.15) is 43.0 Å². The molecule has 0 N–H and O–H groups in total. The Labute approximate surface area is 143 Å². The Morgan fingerprint density at radius 3 is 2.67 bits per heavy atom. The molecule has 1 atom stereocenters. The van der Waals surface area contributed by atoms with Crippen LogP contribution in [-0.4, -0.2) is 48.9 Å². The predicted octanol–water partition coefficient (Wildman–Crippen LogP) is 2.91. The standard InChI is InChI=1S/C19H25N3O2/c1-14-8-10-22(20-14)18-4-2-16(3-5-18)19(23)21(17-6-7-17)12-15-9-11-24-13-15/h2-5,15,17H,6-13H2,1H3/t15-/m0/s1. The summed E-state index contributed by atoms with van der Waals surface area (Å²) in [5.74, 6) is 0.660. The van der Waals surface area contributed by atoms with Gasteiger partial charge in [0.05, 0.1) is 12.3 Å². The Hall–Kier alpha value is -1.88. The van der Waals surface area contributed by atoms with Crippen LogP contribution in [0, 0.1) is 5.92 Å². The molecule has 2 heterocycles. The van der Waals surface area contributed by atoms with Crippen LogP contribution in [0.5, 0.6) is 0 Å². The van der Waals surface area contributed by atoms with Gasteiger partial charge in [-0.2, -0.15) is 5.10 Å². The summed E-state index contributed by atoms with van der Waals surface area (Å²) >= 11 is 0. The molecule has 24 heavy (non-hydrogen) atoms. The van der Waals surface area contributed by atoms with E-state index in [0.717, 1.165) is 68.9 Å². The lowest BCUT2D eigenvalue weighted by Crippen LogP contribution is -2.37. The minimum absolute atomic E-state index is 0.164. The maximum atomic E-state index is 12.9. The second-order valence-corrected chi connectivity index (χ2v) is 7.17. The molecule has 0 spiro atoms. The summed E-state index contributed by atoms with van der Waals surface area (Å²) in [6.07, 6.45) is 4.36. The molecule has 1 aromatic carbocycles. The summed E-state index contributed by atoms with van der Waals surface area (Å²) in [6, 6.07) is 8.35. The van der Waals surface area contributed by atoms with Gasteiger partial charge in [-0.05, 0) is 50.5 Å². The van der Waals surface area contributed by atoms with E-state index in [2.05, 4.69) is 16.9 Å². The highest BCUT2D eigenvalue weighted by atomic mass is 16.5. The van der Waals surface area contributed by atoms with Gasteiger partial charge in [-0.15, -0.1) is 0 Å². The van der Waals surface area contributed by atoms with Crippen LogP contribution in [0.4, 0.5) is 5.69 Å². The van der Waals surface area contributed by atoms with Gasteiger partial charge in [-0.1, -0.05) is 0 Å². The number of ether oxygens (including phenoxy) is 1. The maximum Gasteiger partial charge on any atom is 0.254 e. The quantitative estimate of drug-likeness (QED) is 0.835. The van der Waals surface area contributed by atoms with Gasteiger partial charge in [-0.3, -0.25) is 9.80 Å². The second kappa shape index (κ2) is 6.55. The van der Waals surface area contributed by atoms with Crippen molar-refractivity contribution in [3.63, 3.8) is 0 Å². The number of nitrogens with zero attached hydrogens (tertiary/aromatic N) is 3. The molecule has 0 radical (unpaired) electrons. The molecule has 5 nitrogen and oxygen atoms in total. The van der Waals surface area contributed by atoms with E-state index in [1.807, 2.05) is 29.3 Å². The Morgan fingerprint density at radius 2 is 2.08 bits per heavy atom. The monoisotopic (exact) mass is 327 g/mol. The summed E-state index contributed by atoms with van der Waals surface area (Å²) in [7, 11) is 0. The summed E-state index contributed by atoms with van der Waals surface area (Å²) in [6.45, 7) is 5.44. The molecule has 0 unspecified atom stereocenters. The van der Waals surface area contributed by atoms with E-state index in [4.69, 9.17) is 4.74 Å². The number of carbonyl (C=O) groups is 1. The van der Waals surface area contributed by atoms with Crippen LogP contribution in [0.2, 0.25) is 0 Å². The van der Waals surface area contributed by atoms with Crippen molar-refractivity contribution in [3.8, 4) is 0 Å². The highest BCUT2D eigenvalue weighted by Gasteiger charge is 2.35. The number of benzene rings is 1. The van der Waals surface area contributed by atoms with Crippen molar-refractivity contribution in [2.75, 3.05) is 31.3 Å². The number of amides is 1. The van der Waals surface area contributed by atoms with Gasteiger partial charge in [0.15, 0.2) is 0 Å². The third-order valence-electron chi connectivity index (χ3n) is 5.12. The fourth-order valence-corrected chi connectivity index (χ4v) is 3.49. The molecule has 1 aliphatic carbocycles. The lowest BCUT2D eigenvalue weighted by molar-refractivity contribution is 0.0706. The number of anilines is 1. The van der Waals surface area contributed by atoms with E-state index in [0.29, 0.717) is 12.0 Å². The molecule has 1 amide bonds. The minimum Gasteiger partial charge on any atom is -0.381 e. The fourth-order valence-electron chi connectivity index (χ4n) is 3.49. The molecule has 0 bridgehead atoms. The SMILES string of the molecule is CC1=NN(c2ccc(C(=O)N(C[C@@H]3CCOC3)C3CC3)cc2)CC1. The van der Waals surface area contributed by atoms with E-state index in [9.17, 15) is 4.79 Å². The Balaban J connectivity index is 1.46. The molecule has 4 rings (SSSR count). The maximum absolute atomic E-state index is 12.9. The highest BCUT2D eigenvalue weighted by Crippen LogP contribution is 2.31. The highest BCUT2D eigenvalue weighted by molar-refractivity contribution is 5.95. The van der Waals surface area contributed by atoms with Crippen LogP contribution in [0.15, 0.2) is 29.4 Å². The average molecular weight is 327 g/mol. The average Bonchev–Trinajstić information content (AvgIpc) is 3.13. The van der Waals surface area contributed by atoms with E-state index in [1.165, 1.54) is 0 Å². The summed E-state index contributed by atoms with van der Waals surface area (Å²) in [5.41, 5.74) is 3.00. The minimum atomic E-state index is 0.164. The van der Waals surface area contributed by atoms with Crippen molar-refractivity contribution in [2.24, 2.45) is 11.0 Å². The third-order valence-corrected chi connectivity index (χ3v) is 5.12. The predicted molar refractivity (Wildman–Crippen MR) is 94.5 cm³/mol. The number of hydrogen-bond donors (Lipinski definition) is 0. The number of carbonyl (C=O) groups excluding carboxylic acids is 1. The van der Waals surface area contributed by atoms with Crippen LogP contribution in [-0.2, 0) is 4.74 Å². The molecule has 2 fully saturated rings. The van der Waals surface area contributed by atoms with Gasteiger partial charge >= 0.3 is 0 Å². The normalized spacial score (nSPS) is 23.5. The van der Waals surface area contributed by atoms with Crippen LogP contribution in [0.25, 0.3) is 0 Å². The van der Waals surface area contributed by atoms with E-state index in [1.54, 1.807) is 0 Å². The van der Waals surface area contributed by atoms with Crippen LogP contribution in [0.3, 0.4) is 0 Å². The summed E-state index contributed by atoms with van der Waals surface area (Å²) in [4.78, 5) is 15.0. The molecule has 1 saturated heterocycles. The first-order valence-corrected chi connectivity index (χ1v) is 9.01. The Kier molecular flexibility index (Phi) is 4.27. The molecule has 0 aromatic heterocycles. The molecular formula is C19H25N3O2. The van der Waals surface area contributed by atoms with Gasteiger partial charge in [0.25, 0.3) is 5.91 Å². The van der Waals surface area contributed by atoms with E-state index >= 15 is 0 Å². The largest absolute Gasteiger partial charge is 0.381 e. The van der Waals surface area contributed by atoms with Gasteiger partial charge in [0.1, 0.15) is 0 Å². The number of hydrazone groups is 1. The van der Waals surface area contributed by atoms with Crippen LogP contribution < -0.4 is 5.01 Å². The molecular weight excluding hydrogens is 302 g/mol. The second-order valence-electron chi connectivity index (χ2n) is 7.17. The van der Waals surface area contributed by atoms with Gasteiger partial charge in [0.2, 0.25) is 0 Å². The van der Waals surface area contributed by atoms with E-state index < -0.39 is 0 Å². The number of rotatable bonds is 5. The van der Waals surface area contributed by atoms with Crippen molar-refractivity contribution in [1.29, 1.82) is 0 Å². The zero-order chi connectivity index (χ0) is 16.5. The molecule has 1 aromatic rings. The first kappa shape index (κ1) is 15.6. The number of hydrogen-bond acceptors (Lipinski definition) is 4. The van der Waals surface area contributed by atoms with Gasteiger partial charge in [-0.25, -0.2) is 0 Å². The first-order chi connectivity index (χ1) is 11.7. The zero-order valence-electron chi connectivity index (χ0n) is 14.3. The van der Waals surface area contributed by atoms with Gasteiger partial charge < -0.3 is 9.64 Å². The smallest absolute Gasteiger partial charge is 0.254 e. The topological polar surface area (TPSA) is 45.1 Å². The van der Waals surface area contributed by atoms with Crippen molar-refractivity contribution >= 4 is 17.3 Å². The van der Waals surface area contributed by atoms with Crippen molar-refractivity contribution in [3.05, 3.63) is 29.8 Å². The third kappa shape index (κ3) is 3.31. The summed E-state index contributed by atoms with van der Waals surface area (Å²) < 4.78 is 5.47. The van der Waals surface area contributed by atoms with Crippen molar-refractivity contribution in [2.45, 2.75) is 38.6 Å². The molecule has 5 heteroatoms. The molecule has 128 valence electrons. The van der Waals surface area contributed by atoms with Gasteiger partial charge in [0, 0.05) is 49.4 Å². The fraction of sp³-hybridized carbons (Fsp3) is 0.579. The van der Waals surface area contributed by atoms with Crippen molar-refractivity contribution in [1.82, 2.24) is 4.90 Å². The lowest BCUT2D eigenvalue weighted by Gasteiger charge is -2.25. The summed E-state index contributed by atoms with van der Waals surface area (Å²) in [5, 5.41) is 6.53. The Bertz CT molecular complexity index is 631. The first-order valence-electron chi connectivity index (χ1n) is 9.01. The Morgan fingerprint density at radius 1 is 1.29 bits per heavy atom. The van der Waals surface area contributed by atoms with Crippen LogP contribution >= 0.6 is 0 Å². The molecule has 2 aliphatic heterocycles. The zero-order valence-corrected chi connectivity index (χ0v) is 14.3. The lowest BCUT2D eigenvalue weighted by atomic mass is 10.1. The van der Waals surface area contributed by atoms with E-state index in [-0.39, 0.29) is 5.91 Å². The molecule has 1 saturated carbocycles. The molecule has 3 aliphatic rings. The van der Waals surface area contributed by atoms with Crippen molar-refractivity contribution < 1.29 is 9.53 Å².